The van der Waals surface area contributed by atoms with Gasteiger partial charge in [-0.15, -0.1) is 12.4 Å². The summed E-state index contributed by atoms with van der Waals surface area (Å²) in [6.45, 7) is 1.58. The molecule has 1 aliphatic carbocycles. The number of carbonyl (C=O) groups excluding carboxylic acids is 1. The van der Waals surface area contributed by atoms with E-state index in [4.69, 9.17) is 5.73 Å². The number of rotatable bonds is 7. The van der Waals surface area contributed by atoms with E-state index in [1.807, 2.05) is 30.3 Å². The van der Waals surface area contributed by atoms with Crippen LogP contribution in [0, 0.1) is 17.6 Å². The molecule has 0 saturated heterocycles. The molecule has 2 unspecified atom stereocenters. The third kappa shape index (κ3) is 4.59. The molecule has 140 valence electrons. The van der Waals surface area contributed by atoms with Crippen LogP contribution in [0.25, 0.3) is 0 Å². The lowest BCUT2D eigenvalue weighted by atomic mass is 10.1. The van der Waals surface area contributed by atoms with Gasteiger partial charge >= 0.3 is 0 Å². The van der Waals surface area contributed by atoms with Gasteiger partial charge in [0.1, 0.15) is 0 Å². The van der Waals surface area contributed by atoms with Gasteiger partial charge in [0.25, 0.3) is 0 Å². The fourth-order valence-electron chi connectivity index (χ4n) is 3.21. The number of hydrogen-bond acceptors (Lipinski definition) is 2. The zero-order chi connectivity index (χ0) is 17.8. The van der Waals surface area contributed by atoms with Gasteiger partial charge < -0.3 is 10.6 Å². The maximum atomic E-state index is 14.0. The van der Waals surface area contributed by atoms with Gasteiger partial charge in [-0.05, 0) is 42.5 Å². The minimum absolute atomic E-state index is 0. The molecular formula is C20H23ClF2N2O. The molecular weight excluding hydrogens is 358 g/mol. The SMILES string of the molecule is Cl.NCCCN(Cc1ccccc1)C(=O)C1CC1c1cccc(F)c1F. The van der Waals surface area contributed by atoms with Gasteiger partial charge in [0, 0.05) is 19.0 Å². The molecule has 3 nitrogen and oxygen atoms in total. The maximum absolute atomic E-state index is 14.0. The summed E-state index contributed by atoms with van der Waals surface area (Å²) >= 11 is 0. The van der Waals surface area contributed by atoms with E-state index in [-0.39, 0.29) is 30.2 Å². The summed E-state index contributed by atoms with van der Waals surface area (Å²) in [5.41, 5.74) is 6.93. The van der Waals surface area contributed by atoms with Gasteiger partial charge in [-0.1, -0.05) is 42.5 Å². The van der Waals surface area contributed by atoms with Crippen LogP contribution >= 0.6 is 12.4 Å². The van der Waals surface area contributed by atoms with Crippen molar-refractivity contribution in [3.8, 4) is 0 Å². The Morgan fingerprint density at radius 2 is 1.85 bits per heavy atom. The molecule has 26 heavy (non-hydrogen) atoms. The molecule has 0 radical (unpaired) electrons. The van der Waals surface area contributed by atoms with Crippen molar-refractivity contribution in [2.24, 2.45) is 11.7 Å². The second-order valence-corrected chi connectivity index (χ2v) is 6.48. The molecule has 3 rings (SSSR count). The van der Waals surface area contributed by atoms with Crippen LogP contribution in [0.15, 0.2) is 48.5 Å². The number of nitrogens with two attached hydrogens (primary N) is 1. The molecule has 1 saturated carbocycles. The Balaban J connectivity index is 0.00000243. The molecule has 0 aliphatic heterocycles. The third-order valence-electron chi connectivity index (χ3n) is 4.65. The summed E-state index contributed by atoms with van der Waals surface area (Å²) in [4.78, 5) is 14.6. The van der Waals surface area contributed by atoms with Gasteiger partial charge in [0.15, 0.2) is 11.6 Å². The first kappa shape index (κ1) is 20.3. The van der Waals surface area contributed by atoms with E-state index >= 15 is 0 Å². The Bertz CT molecular complexity index is 742. The predicted octanol–water partition coefficient (Wildman–Crippen LogP) is 3.87. The summed E-state index contributed by atoms with van der Waals surface area (Å²) in [6.07, 6.45) is 1.28. The third-order valence-corrected chi connectivity index (χ3v) is 4.65. The quantitative estimate of drug-likeness (QED) is 0.792. The van der Waals surface area contributed by atoms with Gasteiger partial charge in [-0.25, -0.2) is 8.78 Å². The highest BCUT2D eigenvalue weighted by Gasteiger charge is 2.47. The summed E-state index contributed by atoms with van der Waals surface area (Å²) in [7, 11) is 0. The fraction of sp³-hybridized carbons (Fsp3) is 0.350. The van der Waals surface area contributed by atoms with Crippen LogP contribution < -0.4 is 5.73 Å². The normalized spacial score (nSPS) is 18.1. The van der Waals surface area contributed by atoms with Crippen LogP contribution in [0.1, 0.15) is 29.9 Å². The Morgan fingerprint density at radius 3 is 2.54 bits per heavy atom. The first-order chi connectivity index (χ1) is 12.1. The summed E-state index contributed by atoms with van der Waals surface area (Å²) in [5, 5.41) is 0. The first-order valence-electron chi connectivity index (χ1n) is 8.58. The van der Waals surface area contributed by atoms with Crippen LogP contribution in [0.4, 0.5) is 8.78 Å². The average molecular weight is 381 g/mol. The monoisotopic (exact) mass is 380 g/mol. The lowest BCUT2D eigenvalue weighted by molar-refractivity contribution is -0.133. The fourth-order valence-corrected chi connectivity index (χ4v) is 3.21. The molecule has 1 fully saturated rings. The number of carbonyl (C=O) groups is 1. The van der Waals surface area contributed by atoms with Crippen LogP contribution in [-0.2, 0) is 11.3 Å². The molecule has 0 aromatic heterocycles. The van der Waals surface area contributed by atoms with Gasteiger partial charge in [-0.3, -0.25) is 4.79 Å². The Hall–Kier alpha value is -1.98. The maximum Gasteiger partial charge on any atom is 0.226 e. The van der Waals surface area contributed by atoms with Crippen LogP contribution in [0.5, 0.6) is 0 Å². The van der Waals surface area contributed by atoms with Crippen molar-refractivity contribution in [1.82, 2.24) is 4.90 Å². The summed E-state index contributed by atoms with van der Waals surface area (Å²) in [6, 6.07) is 13.9. The van der Waals surface area contributed by atoms with E-state index in [1.54, 1.807) is 11.0 Å². The van der Waals surface area contributed by atoms with Gasteiger partial charge in [0.2, 0.25) is 5.91 Å². The van der Waals surface area contributed by atoms with E-state index in [9.17, 15) is 13.6 Å². The largest absolute Gasteiger partial charge is 0.338 e. The smallest absolute Gasteiger partial charge is 0.226 e. The van der Waals surface area contributed by atoms with Crippen LogP contribution in [-0.4, -0.2) is 23.9 Å². The number of halogens is 3. The van der Waals surface area contributed by atoms with E-state index in [0.717, 1.165) is 11.6 Å². The second-order valence-electron chi connectivity index (χ2n) is 6.48. The van der Waals surface area contributed by atoms with Gasteiger partial charge in [-0.2, -0.15) is 0 Å². The molecule has 0 spiro atoms. The molecule has 0 heterocycles. The van der Waals surface area contributed by atoms with Crippen molar-refractivity contribution >= 4 is 18.3 Å². The molecule has 2 N–H and O–H groups in total. The Morgan fingerprint density at radius 1 is 1.12 bits per heavy atom. The van der Waals surface area contributed by atoms with E-state index in [2.05, 4.69) is 0 Å². The van der Waals surface area contributed by atoms with Crippen molar-refractivity contribution < 1.29 is 13.6 Å². The highest BCUT2D eigenvalue weighted by Crippen LogP contribution is 2.49. The number of hydrogen-bond donors (Lipinski definition) is 1. The number of nitrogens with zero attached hydrogens (tertiary/aromatic N) is 1. The summed E-state index contributed by atoms with van der Waals surface area (Å²) in [5.74, 6) is -2.22. The molecule has 1 aliphatic rings. The Kier molecular flexibility index (Phi) is 7.12. The Labute approximate surface area is 158 Å². The van der Waals surface area contributed by atoms with Crippen LogP contribution in [0.3, 0.4) is 0 Å². The molecule has 2 atom stereocenters. The lowest BCUT2D eigenvalue weighted by Crippen LogP contribution is -2.34. The second kappa shape index (κ2) is 9.10. The number of benzene rings is 2. The predicted molar refractivity (Wildman–Crippen MR) is 100.0 cm³/mol. The minimum atomic E-state index is -0.861. The zero-order valence-electron chi connectivity index (χ0n) is 14.4. The minimum Gasteiger partial charge on any atom is -0.338 e. The van der Waals surface area contributed by atoms with E-state index in [1.165, 1.54) is 6.07 Å². The van der Waals surface area contributed by atoms with Crippen molar-refractivity contribution in [2.75, 3.05) is 13.1 Å². The topological polar surface area (TPSA) is 46.3 Å². The highest BCUT2D eigenvalue weighted by molar-refractivity contribution is 5.85. The zero-order valence-corrected chi connectivity index (χ0v) is 15.2. The standard InChI is InChI=1S/C20H22F2N2O.ClH/c21-18-9-4-8-15(19(18)22)16-12-17(16)20(25)24(11-5-10-23)13-14-6-2-1-3-7-14;/h1-4,6-9,16-17H,5,10-13,23H2;1H. The first-order valence-corrected chi connectivity index (χ1v) is 8.58. The van der Waals surface area contributed by atoms with Gasteiger partial charge in [0.05, 0.1) is 0 Å². The van der Waals surface area contributed by atoms with Crippen molar-refractivity contribution in [2.45, 2.75) is 25.3 Å². The lowest BCUT2D eigenvalue weighted by Gasteiger charge is -2.23. The molecule has 6 heteroatoms. The average Bonchev–Trinajstić information content (AvgIpc) is 3.42. The van der Waals surface area contributed by atoms with Crippen LogP contribution in [0.2, 0.25) is 0 Å². The number of amides is 1. The molecule has 1 amide bonds. The highest BCUT2D eigenvalue weighted by atomic mass is 35.5. The molecule has 2 aromatic carbocycles. The van der Waals surface area contributed by atoms with E-state index in [0.29, 0.717) is 38.0 Å². The van der Waals surface area contributed by atoms with Crippen molar-refractivity contribution in [3.63, 3.8) is 0 Å². The van der Waals surface area contributed by atoms with E-state index < -0.39 is 11.6 Å². The van der Waals surface area contributed by atoms with Crippen molar-refractivity contribution in [3.05, 3.63) is 71.3 Å². The molecule has 2 aromatic rings. The van der Waals surface area contributed by atoms with Crippen molar-refractivity contribution in [1.29, 1.82) is 0 Å². The summed E-state index contributed by atoms with van der Waals surface area (Å²) < 4.78 is 27.4. The molecule has 0 bridgehead atoms.